The fraction of sp³-hybridized carbons (Fsp3) is 0.577. The molecule has 0 radical (unpaired) electrons. The normalized spacial score (nSPS) is 16.0. The highest BCUT2D eigenvalue weighted by molar-refractivity contribution is 6.06. The highest BCUT2D eigenvalue weighted by atomic mass is 16.5. The molecule has 1 amide bonds. The lowest BCUT2D eigenvalue weighted by atomic mass is 9.93. The number of rotatable bonds is 10. The number of imidazole rings is 1. The van der Waals surface area contributed by atoms with Crippen LogP contribution in [0.3, 0.4) is 0 Å². The number of hydrogen-bond acceptors (Lipinski definition) is 5. The smallest absolute Gasteiger partial charge is 0.222 e. The fourth-order valence-corrected chi connectivity index (χ4v) is 4.87. The lowest BCUT2D eigenvalue weighted by molar-refractivity contribution is -0.132. The van der Waals surface area contributed by atoms with E-state index in [0.717, 1.165) is 80.2 Å². The molecule has 0 spiro atoms. The van der Waals surface area contributed by atoms with Crippen molar-refractivity contribution >= 4 is 33.7 Å². The number of anilines is 1. The number of fused-ring (bicyclic) bond motifs is 3. The Hall–Kier alpha value is -2.67. The number of carbonyl (C=O) groups excluding carboxylic acids is 1. The third kappa shape index (κ3) is 5.29. The lowest BCUT2D eigenvalue weighted by Crippen LogP contribution is -2.38. The number of ether oxygens (including phenoxy) is 1. The monoisotopic (exact) mass is 451 g/mol. The molecular formula is C26H37N5O2. The van der Waals surface area contributed by atoms with Crippen molar-refractivity contribution in [2.75, 3.05) is 32.0 Å². The second-order valence-electron chi connectivity index (χ2n) is 9.22. The number of nitrogen functional groups attached to an aromatic ring is 1. The van der Waals surface area contributed by atoms with Crippen LogP contribution in [0.1, 0.15) is 64.8 Å². The molecule has 0 saturated carbocycles. The Bertz CT molecular complexity index is 1070. The van der Waals surface area contributed by atoms with Crippen LogP contribution in [0.2, 0.25) is 0 Å². The predicted octanol–water partition coefficient (Wildman–Crippen LogP) is 4.95. The minimum absolute atomic E-state index is 0.193. The number of unbranched alkanes of at least 4 members (excludes halogenated alkanes) is 1. The average Bonchev–Trinajstić information content (AvgIpc) is 3.29. The maximum atomic E-state index is 12.2. The summed E-state index contributed by atoms with van der Waals surface area (Å²) in [5.74, 6) is 1.44. The van der Waals surface area contributed by atoms with Crippen LogP contribution in [0, 0.1) is 5.92 Å². The fourth-order valence-electron chi connectivity index (χ4n) is 4.87. The van der Waals surface area contributed by atoms with Crippen molar-refractivity contribution in [2.24, 2.45) is 5.92 Å². The molecule has 4 rings (SSSR count). The zero-order chi connectivity index (χ0) is 23.2. The number of likely N-dealkylation sites (tertiary alicyclic amines) is 1. The molecule has 1 aliphatic rings. The summed E-state index contributed by atoms with van der Waals surface area (Å²) in [6.45, 7) is 7.50. The topological polar surface area (TPSA) is 86.3 Å². The van der Waals surface area contributed by atoms with Crippen molar-refractivity contribution < 1.29 is 9.53 Å². The van der Waals surface area contributed by atoms with E-state index in [9.17, 15) is 4.79 Å². The predicted molar refractivity (Wildman–Crippen MR) is 133 cm³/mol. The molecule has 0 bridgehead atoms. The Morgan fingerprint density at radius 3 is 2.79 bits per heavy atom. The van der Waals surface area contributed by atoms with Gasteiger partial charge in [0.15, 0.2) is 5.82 Å². The van der Waals surface area contributed by atoms with Gasteiger partial charge in [-0.1, -0.05) is 38.5 Å². The van der Waals surface area contributed by atoms with Gasteiger partial charge < -0.3 is 19.9 Å². The van der Waals surface area contributed by atoms with Crippen molar-refractivity contribution in [2.45, 2.75) is 64.8 Å². The van der Waals surface area contributed by atoms with Crippen molar-refractivity contribution in [3.8, 4) is 0 Å². The van der Waals surface area contributed by atoms with Gasteiger partial charge in [0.1, 0.15) is 5.52 Å². The molecule has 3 heterocycles. The van der Waals surface area contributed by atoms with Gasteiger partial charge in [-0.2, -0.15) is 0 Å². The minimum atomic E-state index is 0.193. The summed E-state index contributed by atoms with van der Waals surface area (Å²) in [7, 11) is 0. The van der Waals surface area contributed by atoms with Crippen LogP contribution in [0.4, 0.5) is 5.82 Å². The quantitative estimate of drug-likeness (QED) is 0.441. The third-order valence-electron chi connectivity index (χ3n) is 6.99. The van der Waals surface area contributed by atoms with Crippen LogP contribution in [0.15, 0.2) is 30.6 Å². The second-order valence-corrected chi connectivity index (χ2v) is 9.22. The molecule has 1 saturated heterocycles. The van der Waals surface area contributed by atoms with Crippen molar-refractivity contribution in [1.29, 1.82) is 0 Å². The number of aromatic nitrogens is 3. The van der Waals surface area contributed by atoms with Crippen LogP contribution in [0.5, 0.6) is 0 Å². The van der Waals surface area contributed by atoms with Gasteiger partial charge >= 0.3 is 0 Å². The number of carbonyl (C=O) groups is 1. The van der Waals surface area contributed by atoms with E-state index in [-0.39, 0.29) is 6.04 Å². The van der Waals surface area contributed by atoms with E-state index in [1.54, 1.807) is 0 Å². The Morgan fingerprint density at radius 1 is 1.24 bits per heavy atom. The molecule has 7 heteroatoms. The van der Waals surface area contributed by atoms with E-state index in [1.807, 2.05) is 24.5 Å². The molecule has 33 heavy (non-hydrogen) atoms. The first-order valence-electron chi connectivity index (χ1n) is 12.5. The molecule has 7 nitrogen and oxygen atoms in total. The summed E-state index contributed by atoms with van der Waals surface area (Å²) < 4.78 is 8.36. The standard InChI is InChI=1S/C26H37N5O2/c1-3-5-10-23(32)30-14-11-19(12-15-30)13-16-33-17-20(4-2)31-18-28-24-25(31)21-8-6-7-9-22(21)29-26(24)27/h6-9,18-20H,3-5,10-17H2,1-2H3,(H2,27,29). The maximum absolute atomic E-state index is 12.2. The zero-order valence-electron chi connectivity index (χ0n) is 20.0. The molecule has 1 atom stereocenters. The molecule has 178 valence electrons. The first-order chi connectivity index (χ1) is 16.1. The van der Waals surface area contributed by atoms with Gasteiger partial charge in [0.05, 0.1) is 30.0 Å². The lowest BCUT2D eigenvalue weighted by Gasteiger charge is -2.32. The van der Waals surface area contributed by atoms with E-state index in [0.29, 0.717) is 30.7 Å². The number of piperidine rings is 1. The van der Waals surface area contributed by atoms with Gasteiger partial charge in [-0.05, 0) is 44.1 Å². The summed E-state index contributed by atoms with van der Waals surface area (Å²) >= 11 is 0. The number of pyridine rings is 1. The molecular weight excluding hydrogens is 414 g/mol. The third-order valence-corrected chi connectivity index (χ3v) is 6.99. The minimum Gasteiger partial charge on any atom is -0.382 e. The van der Waals surface area contributed by atoms with E-state index in [4.69, 9.17) is 10.5 Å². The van der Waals surface area contributed by atoms with Crippen LogP contribution < -0.4 is 5.73 Å². The Labute approximate surface area is 196 Å². The second kappa shape index (κ2) is 11.0. The number of amides is 1. The van der Waals surface area contributed by atoms with Crippen LogP contribution >= 0.6 is 0 Å². The van der Waals surface area contributed by atoms with Gasteiger partial charge in [0.2, 0.25) is 5.91 Å². The number of hydrogen-bond donors (Lipinski definition) is 1. The summed E-state index contributed by atoms with van der Waals surface area (Å²) in [4.78, 5) is 23.3. The van der Waals surface area contributed by atoms with Gasteiger partial charge in [-0.3, -0.25) is 4.79 Å². The van der Waals surface area contributed by atoms with Gasteiger partial charge in [-0.25, -0.2) is 9.97 Å². The van der Waals surface area contributed by atoms with Gasteiger partial charge in [0.25, 0.3) is 0 Å². The molecule has 0 aliphatic carbocycles. The van der Waals surface area contributed by atoms with Gasteiger partial charge in [-0.15, -0.1) is 0 Å². The first kappa shape index (κ1) is 23.5. The SMILES string of the molecule is CCCCC(=O)N1CCC(CCOCC(CC)n2cnc3c(N)nc4ccccc4c32)CC1. The number of nitrogens with two attached hydrogens (primary N) is 1. The molecule has 2 N–H and O–H groups in total. The van der Waals surface area contributed by atoms with Crippen LogP contribution in [-0.2, 0) is 9.53 Å². The number of nitrogens with zero attached hydrogens (tertiary/aromatic N) is 4. The van der Waals surface area contributed by atoms with E-state index < -0.39 is 0 Å². The molecule has 3 aromatic rings. The van der Waals surface area contributed by atoms with Crippen molar-refractivity contribution in [3.05, 3.63) is 30.6 Å². The van der Waals surface area contributed by atoms with Crippen LogP contribution in [-0.4, -0.2) is 51.6 Å². The van der Waals surface area contributed by atoms with Crippen molar-refractivity contribution in [1.82, 2.24) is 19.4 Å². The number of benzene rings is 1. The number of para-hydroxylation sites is 1. The molecule has 1 aliphatic heterocycles. The summed E-state index contributed by atoms with van der Waals surface area (Å²) in [6.07, 6.45) is 8.81. The molecule has 1 aromatic carbocycles. The highest BCUT2D eigenvalue weighted by Crippen LogP contribution is 2.30. The van der Waals surface area contributed by atoms with Gasteiger partial charge in [0, 0.05) is 31.5 Å². The van der Waals surface area contributed by atoms with E-state index in [1.165, 1.54) is 0 Å². The molecule has 2 aromatic heterocycles. The Morgan fingerprint density at radius 2 is 2.03 bits per heavy atom. The summed E-state index contributed by atoms with van der Waals surface area (Å²) in [5, 5.41) is 1.07. The van der Waals surface area contributed by atoms with E-state index in [2.05, 4.69) is 39.3 Å². The Kier molecular flexibility index (Phi) is 7.81. The van der Waals surface area contributed by atoms with Crippen molar-refractivity contribution in [3.63, 3.8) is 0 Å². The van der Waals surface area contributed by atoms with E-state index >= 15 is 0 Å². The first-order valence-corrected chi connectivity index (χ1v) is 12.5. The molecule has 1 fully saturated rings. The Balaban J connectivity index is 1.31. The zero-order valence-corrected chi connectivity index (χ0v) is 20.0. The summed E-state index contributed by atoms with van der Waals surface area (Å²) in [6, 6.07) is 8.26. The highest BCUT2D eigenvalue weighted by Gasteiger charge is 2.22. The van der Waals surface area contributed by atoms with Crippen LogP contribution in [0.25, 0.3) is 21.9 Å². The maximum Gasteiger partial charge on any atom is 0.222 e. The molecule has 1 unspecified atom stereocenters. The largest absolute Gasteiger partial charge is 0.382 e. The average molecular weight is 452 g/mol. The summed E-state index contributed by atoms with van der Waals surface area (Å²) in [5.41, 5.74) is 8.87.